The molecule has 7 heavy (non-hydrogen) atoms. The Morgan fingerprint density at radius 3 is 0.857 bits per heavy atom. The van der Waals surface area contributed by atoms with Crippen LogP contribution in [0.15, 0.2) is 0 Å². The second-order valence-corrected chi connectivity index (χ2v) is 1.80. The van der Waals surface area contributed by atoms with E-state index in [2.05, 4.69) is 0 Å². The third-order valence-corrected chi connectivity index (χ3v) is 0. The summed E-state index contributed by atoms with van der Waals surface area (Å²) in [5.74, 6) is 0. The molecule has 0 saturated carbocycles. The summed E-state index contributed by atoms with van der Waals surface area (Å²) >= 11 is 0. The summed E-state index contributed by atoms with van der Waals surface area (Å²) in [7, 11) is -4.61. The Labute approximate surface area is 86.7 Å². The monoisotopic (exact) mass is 150 g/mol. The molecule has 0 rings (SSSR count). The van der Waals surface area contributed by atoms with Gasteiger partial charge in [0.05, 0.1) is 8.41 Å². The van der Waals surface area contributed by atoms with Gasteiger partial charge in [0.2, 0.25) is 0 Å². The Bertz CT molecular complexity index is 27.2. The van der Waals surface area contributed by atoms with Crippen LogP contribution in [0.2, 0.25) is 0 Å². The predicted molar refractivity (Wildman–Crippen MR) is 31.7 cm³/mol. The molecule has 0 saturated heterocycles. The standard InChI is InChI=1S/BH3.K.H4O4Si.H/c;;1-5(2,3)4;/h1H3;;1-4H;. The van der Waals surface area contributed by atoms with Crippen LogP contribution in [-0.4, -0.2) is 88.0 Å². The van der Waals surface area contributed by atoms with Gasteiger partial charge in [0.25, 0.3) is 0 Å². The van der Waals surface area contributed by atoms with Crippen molar-refractivity contribution in [3.8, 4) is 0 Å². The summed E-state index contributed by atoms with van der Waals surface area (Å²) in [5, 5.41) is 0. The first-order chi connectivity index (χ1) is 2.00. The fourth-order valence-corrected chi connectivity index (χ4v) is 0. The molecule has 0 fully saturated rings. The predicted octanol–water partition coefficient (Wildman–Crippen LogP) is -4.44. The Morgan fingerprint density at radius 1 is 0.857 bits per heavy atom. The summed E-state index contributed by atoms with van der Waals surface area (Å²) in [6, 6.07) is 0. The topological polar surface area (TPSA) is 80.9 Å². The molecule has 0 aliphatic carbocycles. The Morgan fingerprint density at radius 2 is 0.857 bits per heavy atom. The van der Waals surface area contributed by atoms with Crippen molar-refractivity contribution in [1.82, 2.24) is 0 Å². The van der Waals surface area contributed by atoms with Gasteiger partial charge in [-0.1, -0.05) is 0 Å². The molecule has 0 heterocycles. The van der Waals surface area contributed by atoms with Crippen molar-refractivity contribution in [3.63, 3.8) is 0 Å². The number of rotatable bonds is 0. The van der Waals surface area contributed by atoms with Crippen LogP contribution in [-0.2, 0) is 0 Å². The van der Waals surface area contributed by atoms with Crippen molar-refractivity contribution in [2.45, 2.75) is 0 Å². The molecule has 7 heteroatoms. The maximum absolute atomic E-state index is 7.33. The zero-order valence-electron chi connectivity index (χ0n) is 2.29. The van der Waals surface area contributed by atoms with E-state index in [-0.39, 0.29) is 59.8 Å². The van der Waals surface area contributed by atoms with Gasteiger partial charge in [0, 0.05) is 0 Å². The summed E-state index contributed by atoms with van der Waals surface area (Å²) < 4.78 is 0. The van der Waals surface area contributed by atoms with Gasteiger partial charge in [-0.15, -0.1) is 0 Å². The van der Waals surface area contributed by atoms with Crippen LogP contribution in [0.1, 0.15) is 0 Å². The van der Waals surface area contributed by atoms with E-state index in [0.717, 1.165) is 0 Å². The van der Waals surface area contributed by atoms with E-state index in [0.29, 0.717) is 0 Å². The molecule has 0 aromatic heterocycles. The molecule has 4 N–H and O–H groups in total. The van der Waals surface area contributed by atoms with Gasteiger partial charge in [0.1, 0.15) is 0 Å². The van der Waals surface area contributed by atoms with Crippen molar-refractivity contribution in [2.24, 2.45) is 0 Å². The van der Waals surface area contributed by atoms with E-state index in [1.54, 1.807) is 0 Å². The first-order valence-electron chi connectivity index (χ1n) is 0.894. The zero-order chi connectivity index (χ0) is 4.50. The quantitative estimate of drug-likeness (QED) is 0.263. The van der Waals surface area contributed by atoms with Gasteiger partial charge < -0.3 is 19.2 Å². The Balaban J connectivity index is -0.0000000800. The summed E-state index contributed by atoms with van der Waals surface area (Å²) in [6.07, 6.45) is 0. The van der Waals surface area contributed by atoms with Crippen LogP contribution in [0.5, 0.6) is 0 Å². The zero-order valence-corrected chi connectivity index (χ0v) is 3.29. The van der Waals surface area contributed by atoms with Crippen LogP contribution in [0.25, 0.3) is 0 Å². The van der Waals surface area contributed by atoms with Crippen LogP contribution < -0.4 is 0 Å². The van der Waals surface area contributed by atoms with Gasteiger partial charge in [0.15, 0.2) is 0 Å². The van der Waals surface area contributed by atoms with Crippen LogP contribution in [0.4, 0.5) is 0 Å². The number of hydrogen-bond donors (Lipinski definition) is 4. The van der Waals surface area contributed by atoms with Gasteiger partial charge in [-0.25, -0.2) is 0 Å². The van der Waals surface area contributed by atoms with Gasteiger partial charge in [-0.05, 0) is 0 Å². The number of hydrogen-bond acceptors (Lipinski definition) is 4. The second-order valence-electron chi connectivity index (χ2n) is 0.600. The SMILES string of the molecule is B.O[Si](O)(O)O.[KH]. The van der Waals surface area contributed by atoms with Crippen LogP contribution >= 0.6 is 0 Å². The molecule has 0 atom stereocenters. The molecule has 40 valence electrons. The Hall–Kier alpha value is 1.76. The van der Waals surface area contributed by atoms with E-state index < -0.39 is 9.05 Å². The van der Waals surface area contributed by atoms with Crippen molar-refractivity contribution >= 4 is 68.8 Å². The molecule has 0 bridgehead atoms. The van der Waals surface area contributed by atoms with E-state index in [4.69, 9.17) is 19.2 Å². The molecular weight excluding hydrogens is 142 g/mol. The molecule has 4 nitrogen and oxygen atoms in total. The molecule has 0 spiro atoms. The molecule has 0 aliphatic rings. The first-order valence-corrected chi connectivity index (χ1v) is 2.68. The van der Waals surface area contributed by atoms with Gasteiger partial charge in [-0.2, -0.15) is 0 Å². The van der Waals surface area contributed by atoms with E-state index >= 15 is 0 Å². The van der Waals surface area contributed by atoms with Crippen LogP contribution in [0.3, 0.4) is 0 Å². The molecule has 0 amide bonds. The third-order valence-electron chi connectivity index (χ3n) is 0. The van der Waals surface area contributed by atoms with Gasteiger partial charge in [-0.3, -0.25) is 0 Å². The summed E-state index contributed by atoms with van der Waals surface area (Å²) in [4.78, 5) is 29.3. The van der Waals surface area contributed by atoms with E-state index in [1.165, 1.54) is 0 Å². The maximum atomic E-state index is 7.33. The van der Waals surface area contributed by atoms with Crippen LogP contribution in [0, 0.1) is 0 Å². The van der Waals surface area contributed by atoms with Crippen molar-refractivity contribution in [3.05, 3.63) is 0 Å². The van der Waals surface area contributed by atoms with Crippen molar-refractivity contribution in [1.29, 1.82) is 0 Å². The molecule has 0 aromatic carbocycles. The van der Waals surface area contributed by atoms with E-state index in [1.807, 2.05) is 0 Å². The molecule has 0 aliphatic heterocycles. The summed E-state index contributed by atoms with van der Waals surface area (Å²) in [6.45, 7) is 0. The van der Waals surface area contributed by atoms with Crippen molar-refractivity contribution < 1.29 is 19.2 Å². The minimum absolute atomic E-state index is 0. The molecule has 0 aromatic rings. The first kappa shape index (κ1) is 15.9. The normalized spacial score (nSPS) is 8.57. The molecule has 0 unspecified atom stereocenters. The Kier molecular flexibility index (Phi) is 13.4. The second kappa shape index (κ2) is 5.89. The van der Waals surface area contributed by atoms with Crippen molar-refractivity contribution in [2.75, 3.05) is 0 Å². The minimum atomic E-state index is -4.61. The average molecular weight is 150 g/mol. The summed E-state index contributed by atoms with van der Waals surface area (Å²) in [5.41, 5.74) is 0. The molecule has 0 radical (unpaired) electrons. The molecular formula is H8BKO4Si. The van der Waals surface area contributed by atoms with Gasteiger partial charge >= 0.3 is 60.4 Å². The fraction of sp³-hybridized carbons (Fsp3) is 0. The van der Waals surface area contributed by atoms with E-state index in [9.17, 15) is 0 Å². The fourth-order valence-electron chi connectivity index (χ4n) is 0. The average Bonchev–Trinajstić information content (AvgIpc) is 0.722. The third kappa shape index (κ3) is 83.2.